The van der Waals surface area contributed by atoms with Crippen molar-refractivity contribution in [2.45, 2.75) is 6.42 Å². The summed E-state index contributed by atoms with van der Waals surface area (Å²) in [6.07, 6.45) is 7.35. The molecule has 0 radical (unpaired) electrons. The summed E-state index contributed by atoms with van der Waals surface area (Å²) in [6.45, 7) is 0. The highest BCUT2D eigenvalue weighted by Crippen LogP contribution is 2.39. The Morgan fingerprint density at radius 2 is 0.719 bits per heavy atom. The number of para-hydroxylation sites is 3. The van der Waals surface area contributed by atoms with E-state index in [1.165, 1.54) is 27.8 Å². The molecule has 304 valence electrons. The first-order valence-electron chi connectivity index (χ1n) is 21.9. The van der Waals surface area contributed by atoms with Gasteiger partial charge in [0.05, 0.1) is 0 Å². The molecule has 0 N–H and O–H groups in total. The minimum Gasteiger partial charge on any atom is -0.455 e. The minimum absolute atomic E-state index is 0.762. The molecule has 1 aromatic heterocycles. The molecule has 0 fully saturated rings. The lowest BCUT2D eigenvalue weighted by atomic mass is 10.0. The number of fused-ring (bicyclic) bond motifs is 3. The van der Waals surface area contributed by atoms with E-state index in [1.807, 2.05) is 0 Å². The molecule has 0 bridgehead atoms. The summed E-state index contributed by atoms with van der Waals surface area (Å²) in [5, 5.41) is 2.22. The van der Waals surface area contributed by atoms with Crippen LogP contribution in [0, 0.1) is 0 Å². The molecule has 0 amide bonds. The first-order chi connectivity index (χ1) is 31.7. The second-order valence-electron chi connectivity index (χ2n) is 16.1. The predicted octanol–water partition coefficient (Wildman–Crippen LogP) is 15.3. The van der Waals surface area contributed by atoms with Crippen molar-refractivity contribution in [2.75, 3.05) is 9.80 Å². The summed E-state index contributed by atoms with van der Waals surface area (Å²) in [7, 11) is 0. The van der Waals surface area contributed by atoms with Crippen LogP contribution in [0.3, 0.4) is 0 Å². The third kappa shape index (κ3) is 7.50. The number of anilines is 6. The van der Waals surface area contributed by atoms with Gasteiger partial charge in [0, 0.05) is 55.9 Å². The SMILES string of the molecule is C1=CCC(c2ccc(N(c3ccccc3)c3ccc(-c4ccccc4)cc3)cc2)=c2oc3c(-c4ccc(N(c5ccccc5)c5ccc(-c6ccccc6)cc5)cc4)cccc3c2=C1. The molecular formula is C61H44N2O. The van der Waals surface area contributed by atoms with Crippen molar-refractivity contribution in [1.82, 2.24) is 0 Å². The molecule has 0 saturated carbocycles. The zero-order valence-electron chi connectivity index (χ0n) is 35.3. The molecule has 0 aliphatic heterocycles. The molecule has 11 rings (SSSR count). The van der Waals surface area contributed by atoms with Crippen molar-refractivity contribution in [1.29, 1.82) is 0 Å². The van der Waals surface area contributed by atoms with Gasteiger partial charge in [-0.3, -0.25) is 0 Å². The molecule has 64 heavy (non-hydrogen) atoms. The van der Waals surface area contributed by atoms with Crippen LogP contribution in [0.15, 0.2) is 253 Å². The van der Waals surface area contributed by atoms with E-state index in [0.29, 0.717) is 0 Å². The van der Waals surface area contributed by atoms with Gasteiger partial charge >= 0.3 is 0 Å². The highest BCUT2D eigenvalue weighted by molar-refractivity contribution is 5.95. The van der Waals surface area contributed by atoms with Crippen LogP contribution in [-0.2, 0) is 0 Å². The lowest BCUT2D eigenvalue weighted by Gasteiger charge is -2.26. The highest BCUT2D eigenvalue weighted by Gasteiger charge is 2.18. The quantitative estimate of drug-likeness (QED) is 0.137. The zero-order valence-corrected chi connectivity index (χ0v) is 35.3. The molecule has 1 aliphatic carbocycles. The van der Waals surface area contributed by atoms with E-state index in [2.05, 4.69) is 265 Å². The lowest BCUT2D eigenvalue weighted by Crippen LogP contribution is -2.22. The van der Waals surface area contributed by atoms with Crippen molar-refractivity contribution < 1.29 is 4.42 Å². The van der Waals surface area contributed by atoms with Gasteiger partial charge in [0.15, 0.2) is 0 Å². The monoisotopic (exact) mass is 820 g/mol. The smallest absolute Gasteiger partial charge is 0.143 e. The number of allylic oxidation sites excluding steroid dienone is 2. The fourth-order valence-corrected chi connectivity index (χ4v) is 8.96. The topological polar surface area (TPSA) is 19.6 Å². The molecule has 9 aromatic carbocycles. The Labute approximate surface area is 374 Å². The molecule has 1 heterocycles. The Hall–Kier alpha value is -8.40. The zero-order chi connectivity index (χ0) is 42.7. The van der Waals surface area contributed by atoms with Crippen LogP contribution in [0.2, 0.25) is 0 Å². The van der Waals surface area contributed by atoms with Crippen LogP contribution in [0.5, 0.6) is 0 Å². The van der Waals surface area contributed by atoms with Crippen molar-refractivity contribution >= 4 is 56.7 Å². The van der Waals surface area contributed by atoms with Gasteiger partial charge in [-0.2, -0.15) is 0 Å². The fourth-order valence-electron chi connectivity index (χ4n) is 8.96. The average molecular weight is 821 g/mol. The Morgan fingerprint density at radius 3 is 1.19 bits per heavy atom. The van der Waals surface area contributed by atoms with Crippen LogP contribution in [-0.4, -0.2) is 0 Å². The molecule has 0 unspecified atom stereocenters. The van der Waals surface area contributed by atoms with E-state index in [-0.39, 0.29) is 0 Å². The van der Waals surface area contributed by atoms with Gasteiger partial charge in [0.1, 0.15) is 11.0 Å². The largest absolute Gasteiger partial charge is 0.455 e. The lowest BCUT2D eigenvalue weighted by molar-refractivity contribution is 0.572. The number of hydrogen-bond donors (Lipinski definition) is 0. The Kier molecular flexibility index (Phi) is 10.3. The van der Waals surface area contributed by atoms with Crippen molar-refractivity contribution in [2.24, 2.45) is 0 Å². The molecule has 10 aromatic rings. The number of benzene rings is 9. The maximum atomic E-state index is 7.02. The van der Waals surface area contributed by atoms with Gasteiger partial charge in [-0.05, 0) is 113 Å². The Morgan fingerprint density at radius 1 is 0.328 bits per heavy atom. The third-order valence-corrected chi connectivity index (χ3v) is 12.2. The van der Waals surface area contributed by atoms with Crippen molar-refractivity contribution in [3.8, 4) is 33.4 Å². The summed E-state index contributed by atoms with van der Waals surface area (Å²) in [4.78, 5) is 4.62. The molecule has 3 nitrogen and oxygen atoms in total. The maximum Gasteiger partial charge on any atom is 0.143 e. The first kappa shape index (κ1) is 38.5. The summed E-state index contributed by atoms with van der Waals surface area (Å²) < 4.78 is 7.02. The highest BCUT2D eigenvalue weighted by atomic mass is 16.3. The predicted molar refractivity (Wildman–Crippen MR) is 268 cm³/mol. The average Bonchev–Trinajstić information content (AvgIpc) is 3.61. The van der Waals surface area contributed by atoms with Gasteiger partial charge in [0.25, 0.3) is 0 Å². The van der Waals surface area contributed by atoms with Crippen LogP contribution >= 0.6 is 0 Å². The van der Waals surface area contributed by atoms with E-state index in [9.17, 15) is 0 Å². The number of rotatable bonds is 10. The molecule has 0 saturated heterocycles. The second-order valence-corrected chi connectivity index (χ2v) is 16.1. The molecule has 1 aliphatic rings. The van der Waals surface area contributed by atoms with E-state index in [1.54, 1.807) is 0 Å². The molecule has 0 spiro atoms. The van der Waals surface area contributed by atoms with Crippen molar-refractivity contribution in [3.05, 3.63) is 265 Å². The van der Waals surface area contributed by atoms with Crippen molar-refractivity contribution in [3.63, 3.8) is 0 Å². The normalized spacial score (nSPS) is 12.0. The van der Waals surface area contributed by atoms with Gasteiger partial charge < -0.3 is 14.2 Å². The summed E-state index contributed by atoms with van der Waals surface area (Å²) in [5.74, 6) is 0. The summed E-state index contributed by atoms with van der Waals surface area (Å²) >= 11 is 0. The molecule has 3 heteroatoms. The number of hydrogen-bond acceptors (Lipinski definition) is 3. The van der Waals surface area contributed by atoms with E-state index < -0.39 is 0 Å². The van der Waals surface area contributed by atoms with Gasteiger partial charge in [-0.25, -0.2) is 0 Å². The van der Waals surface area contributed by atoms with Gasteiger partial charge in [0.2, 0.25) is 0 Å². The van der Waals surface area contributed by atoms with Crippen LogP contribution < -0.4 is 20.4 Å². The Balaban J connectivity index is 0.939. The van der Waals surface area contributed by atoms with E-state index in [4.69, 9.17) is 4.42 Å². The first-order valence-corrected chi connectivity index (χ1v) is 21.9. The second kappa shape index (κ2) is 17.2. The standard InChI is InChI=1S/C61H44N2O/c1-5-16-44(17-6-1)46-28-36-52(37-29-46)62(50-20-9-3-10-21-50)54-40-32-48(33-41-54)56-24-13-14-25-58-59-27-15-26-57(61(59)64-60(56)58)49-34-42-55(43-35-49)63(51-22-11-4-12-23-51)53-38-30-47(31-39-53)45-18-7-2-8-19-45/h1-23,25-43H,24H2. The molecule has 0 atom stereocenters. The van der Waals surface area contributed by atoms with Gasteiger partial charge in [-0.1, -0.05) is 182 Å². The Bertz CT molecular complexity index is 3340. The third-order valence-electron chi connectivity index (χ3n) is 12.2. The van der Waals surface area contributed by atoms with Gasteiger partial charge in [-0.15, -0.1) is 0 Å². The number of nitrogens with zero attached hydrogens (tertiary/aromatic N) is 2. The summed E-state index contributed by atoms with van der Waals surface area (Å²) in [6, 6.07) is 84.1. The maximum absolute atomic E-state index is 7.02. The summed E-state index contributed by atoms with van der Waals surface area (Å²) in [5.41, 5.74) is 17.7. The number of furan rings is 1. The van der Waals surface area contributed by atoms with E-state index in [0.717, 1.165) is 78.8 Å². The van der Waals surface area contributed by atoms with Crippen LogP contribution in [0.25, 0.3) is 56.0 Å². The van der Waals surface area contributed by atoms with Crippen LogP contribution in [0.1, 0.15) is 12.0 Å². The van der Waals surface area contributed by atoms with Crippen LogP contribution in [0.4, 0.5) is 34.1 Å². The fraction of sp³-hybridized carbons (Fsp3) is 0.0164. The minimum atomic E-state index is 0.762. The molecular weight excluding hydrogens is 777 g/mol. The van der Waals surface area contributed by atoms with E-state index >= 15 is 0 Å².